The van der Waals surface area contributed by atoms with Crippen LogP contribution in [-0.4, -0.2) is 41.4 Å². The molecule has 0 radical (unpaired) electrons. The molecule has 1 unspecified atom stereocenters. The predicted octanol–water partition coefficient (Wildman–Crippen LogP) is 1.95. The molecule has 0 aliphatic carbocycles. The van der Waals surface area contributed by atoms with Crippen molar-refractivity contribution in [1.29, 1.82) is 0 Å². The van der Waals surface area contributed by atoms with Crippen LogP contribution in [0.5, 0.6) is 0 Å². The monoisotopic (exact) mass is 296 g/mol. The largest absolute Gasteiger partial charge is 0.383 e. The zero-order valence-electron chi connectivity index (χ0n) is 11.5. The van der Waals surface area contributed by atoms with Crippen LogP contribution in [0.25, 0.3) is 11.5 Å². The quantitative estimate of drug-likeness (QED) is 0.842. The van der Waals surface area contributed by atoms with Crippen molar-refractivity contribution in [3.63, 3.8) is 0 Å². The van der Waals surface area contributed by atoms with E-state index in [2.05, 4.69) is 20.4 Å². The first-order valence-electron chi connectivity index (χ1n) is 6.40. The van der Waals surface area contributed by atoms with Gasteiger partial charge in [0.25, 0.3) is 0 Å². The molecule has 6 nitrogen and oxygen atoms in total. The Morgan fingerprint density at radius 3 is 3.05 bits per heavy atom. The van der Waals surface area contributed by atoms with Gasteiger partial charge in [0.15, 0.2) is 0 Å². The molecule has 2 aromatic rings. The van der Waals surface area contributed by atoms with Gasteiger partial charge in [-0.05, 0) is 18.7 Å². The Balaban J connectivity index is 2.10. The SMILES string of the molecule is CCNC(COC)Cc1nc(-c2ncccc2Cl)no1. The van der Waals surface area contributed by atoms with Crippen molar-refractivity contribution in [3.05, 3.63) is 29.2 Å². The molecule has 20 heavy (non-hydrogen) atoms. The average molecular weight is 297 g/mol. The first-order chi connectivity index (χ1) is 9.74. The second-order valence-electron chi connectivity index (χ2n) is 4.26. The molecule has 0 spiro atoms. The molecule has 0 bridgehead atoms. The third-order valence-corrected chi connectivity index (χ3v) is 3.03. The van der Waals surface area contributed by atoms with Gasteiger partial charge in [0.2, 0.25) is 11.7 Å². The number of rotatable bonds is 7. The Hall–Kier alpha value is -1.50. The minimum atomic E-state index is 0.137. The Kier molecular flexibility index (Phi) is 5.46. The number of hydrogen-bond donors (Lipinski definition) is 1. The van der Waals surface area contributed by atoms with E-state index < -0.39 is 0 Å². The molecular weight excluding hydrogens is 280 g/mol. The summed E-state index contributed by atoms with van der Waals surface area (Å²) in [5, 5.41) is 7.72. The third kappa shape index (κ3) is 3.75. The van der Waals surface area contributed by atoms with Crippen LogP contribution in [-0.2, 0) is 11.2 Å². The van der Waals surface area contributed by atoms with E-state index in [1.54, 1.807) is 25.4 Å². The Labute approximate surface area is 122 Å². The summed E-state index contributed by atoms with van der Waals surface area (Å²) >= 11 is 6.06. The lowest BCUT2D eigenvalue weighted by Crippen LogP contribution is -2.35. The molecule has 2 aromatic heterocycles. The molecule has 1 N–H and O–H groups in total. The Bertz CT molecular complexity index is 541. The fourth-order valence-electron chi connectivity index (χ4n) is 1.87. The molecule has 0 saturated carbocycles. The van der Waals surface area contributed by atoms with Crippen molar-refractivity contribution in [3.8, 4) is 11.5 Å². The normalized spacial score (nSPS) is 12.6. The number of pyridine rings is 1. The van der Waals surface area contributed by atoms with Crippen LogP contribution in [0.3, 0.4) is 0 Å². The lowest BCUT2D eigenvalue weighted by Gasteiger charge is -2.14. The number of aromatic nitrogens is 3. The number of nitrogens with zero attached hydrogens (tertiary/aromatic N) is 3. The van der Waals surface area contributed by atoms with Gasteiger partial charge in [-0.15, -0.1) is 0 Å². The van der Waals surface area contributed by atoms with E-state index in [9.17, 15) is 0 Å². The van der Waals surface area contributed by atoms with Crippen molar-refractivity contribution in [1.82, 2.24) is 20.4 Å². The van der Waals surface area contributed by atoms with E-state index in [0.717, 1.165) is 6.54 Å². The van der Waals surface area contributed by atoms with E-state index >= 15 is 0 Å². The van der Waals surface area contributed by atoms with Crippen molar-refractivity contribution >= 4 is 11.6 Å². The maximum absolute atomic E-state index is 6.06. The molecular formula is C13H17ClN4O2. The second-order valence-corrected chi connectivity index (χ2v) is 4.67. The highest BCUT2D eigenvalue weighted by Crippen LogP contribution is 2.22. The number of halogens is 1. The summed E-state index contributed by atoms with van der Waals surface area (Å²) in [4.78, 5) is 8.48. The summed E-state index contributed by atoms with van der Waals surface area (Å²) in [7, 11) is 1.66. The number of likely N-dealkylation sites (N-methyl/N-ethyl adjacent to an activating group) is 1. The van der Waals surface area contributed by atoms with Gasteiger partial charge in [-0.25, -0.2) is 0 Å². The molecule has 0 aliphatic rings. The molecule has 108 valence electrons. The molecule has 0 fully saturated rings. The van der Waals surface area contributed by atoms with Gasteiger partial charge < -0.3 is 14.6 Å². The van der Waals surface area contributed by atoms with Crippen molar-refractivity contribution < 1.29 is 9.26 Å². The average Bonchev–Trinajstić information content (AvgIpc) is 2.88. The third-order valence-electron chi connectivity index (χ3n) is 2.72. The topological polar surface area (TPSA) is 73.1 Å². The van der Waals surface area contributed by atoms with Crippen LogP contribution in [0.15, 0.2) is 22.9 Å². The summed E-state index contributed by atoms with van der Waals surface area (Å²) in [5.41, 5.74) is 0.524. The summed E-state index contributed by atoms with van der Waals surface area (Å²) < 4.78 is 10.4. The lowest BCUT2D eigenvalue weighted by atomic mass is 10.2. The van der Waals surface area contributed by atoms with Gasteiger partial charge in [0.1, 0.15) is 5.69 Å². The molecule has 1 atom stereocenters. The van der Waals surface area contributed by atoms with E-state index in [1.165, 1.54) is 0 Å². The van der Waals surface area contributed by atoms with Crippen LogP contribution in [0, 0.1) is 0 Å². The van der Waals surface area contributed by atoms with Crippen LogP contribution < -0.4 is 5.32 Å². The fraction of sp³-hybridized carbons (Fsp3) is 0.462. The van der Waals surface area contributed by atoms with Crippen molar-refractivity contribution in [2.24, 2.45) is 0 Å². The molecule has 2 heterocycles. The van der Waals surface area contributed by atoms with Gasteiger partial charge in [0, 0.05) is 25.8 Å². The molecule has 0 saturated heterocycles. The van der Waals surface area contributed by atoms with Gasteiger partial charge in [0.05, 0.1) is 11.6 Å². The molecule has 2 rings (SSSR count). The van der Waals surface area contributed by atoms with Crippen LogP contribution in [0.1, 0.15) is 12.8 Å². The molecule has 0 aromatic carbocycles. The maximum atomic E-state index is 6.06. The number of ether oxygens (including phenoxy) is 1. The van der Waals surface area contributed by atoms with E-state index in [0.29, 0.717) is 35.5 Å². The highest BCUT2D eigenvalue weighted by Gasteiger charge is 2.16. The first kappa shape index (κ1) is 14.9. The molecule has 0 aliphatic heterocycles. The summed E-state index contributed by atoms with van der Waals surface area (Å²) in [6, 6.07) is 3.64. The smallest absolute Gasteiger partial charge is 0.228 e. The van der Waals surface area contributed by atoms with Gasteiger partial charge in [-0.3, -0.25) is 4.98 Å². The van der Waals surface area contributed by atoms with Crippen LogP contribution in [0.2, 0.25) is 5.02 Å². The van der Waals surface area contributed by atoms with Gasteiger partial charge >= 0.3 is 0 Å². The number of nitrogens with one attached hydrogen (secondary N) is 1. The zero-order valence-corrected chi connectivity index (χ0v) is 12.2. The second kappa shape index (κ2) is 7.33. The number of methoxy groups -OCH3 is 1. The molecule has 7 heteroatoms. The minimum Gasteiger partial charge on any atom is -0.383 e. The van der Waals surface area contributed by atoms with Gasteiger partial charge in [-0.2, -0.15) is 4.98 Å². The first-order valence-corrected chi connectivity index (χ1v) is 6.78. The van der Waals surface area contributed by atoms with Crippen LogP contribution >= 0.6 is 11.6 Å². The lowest BCUT2D eigenvalue weighted by molar-refractivity contribution is 0.162. The number of hydrogen-bond acceptors (Lipinski definition) is 6. The summed E-state index contributed by atoms with van der Waals surface area (Å²) in [5.74, 6) is 0.933. The van der Waals surface area contributed by atoms with Crippen molar-refractivity contribution in [2.75, 3.05) is 20.3 Å². The summed E-state index contributed by atoms with van der Waals surface area (Å²) in [6.45, 7) is 3.46. The standard InChI is InChI=1S/C13H17ClN4O2/c1-3-15-9(8-19-2)7-11-17-13(18-20-11)12-10(14)5-4-6-16-12/h4-6,9,15H,3,7-8H2,1-2H3. The zero-order chi connectivity index (χ0) is 14.4. The van der Waals surface area contributed by atoms with E-state index in [1.807, 2.05) is 6.92 Å². The summed E-state index contributed by atoms with van der Waals surface area (Å²) in [6.07, 6.45) is 2.24. The predicted molar refractivity (Wildman–Crippen MR) is 75.6 cm³/mol. The highest BCUT2D eigenvalue weighted by molar-refractivity contribution is 6.32. The minimum absolute atomic E-state index is 0.137. The molecule has 0 amide bonds. The Morgan fingerprint density at radius 2 is 2.35 bits per heavy atom. The van der Waals surface area contributed by atoms with Gasteiger partial charge in [-0.1, -0.05) is 23.7 Å². The van der Waals surface area contributed by atoms with E-state index in [4.69, 9.17) is 20.9 Å². The van der Waals surface area contributed by atoms with E-state index in [-0.39, 0.29) is 6.04 Å². The van der Waals surface area contributed by atoms with Crippen LogP contribution in [0.4, 0.5) is 0 Å². The Morgan fingerprint density at radius 1 is 1.50 bits per heavy atom. The van der Waals surface area contributed by atoms with Crippen molar-refractivity contribution in [2.45, 2.75) is 19.4 Å². The fourth-order valence-corrected chi connectivity index (χ4v) is 2.08. The maximum Gasteiger partial charge on any atom is 0.228 e. The highest BCUT2D eigenvalue weighted by atomic mass is 35.5.